The maximum absolute atomic E-state index is 14.2. The van der Waals surface area contributed by atoms with Crippen molar-refractivity contribution in [2.75, 3.05) is 13.1 Å². The first-order valence-corrected chi connectivity index (χ1v) is 7.32. The zero-order chi connectivity index (χ0) is 14.0. The second-order valence-electron chi connectivity index (χ2n) is 5.72. The van der Waals surface area contributed by atoms with Crippen molar-refractivity contribution < 1.29 is 4.39 Å². The largest absolute Gasteiger partial charge is 0.329 e. The molecule has 1 saturated carbocycles. The van der Waals surface area contributed by atoms with E-state index in [0.29, 0.717) is 24.1 Å². The van der Waals surface area contributed by atoms with Crippen LogP contribution in [0.3, 0.4) is 0 Å². The summed E-state index contributed by atoms with van der Waals surface area (Å²) in [5.74, 6) is 0.214. The van der Waals surface area contributed by atoms with Crippen molar-refractivity contribution in [3.05, 3.63) is 34.6 Å². The number of nitrogens with two attached hydrogens (primary N) is 1. The van der Waals surface area contributed by atoms with E-state index in [0.717, 1.165) is 6.54 Å². The van der Waals surface area contributed by atoms with E-state index >= 15 is 0 Å². The normalized spacial score (nSPS) is 17.2. The lowest BCUT2D eigenvalue weighted by atomic mass is 10.0. The van der Waals surface area contributed by atoms with Crippen molar-refractivity contribution in [3.63, 3.8) is 0 Å². The summed E-state index contributed by atoms with van der Waals surface area (Å²) >= 11 is 5.89. The lowest BCUT2D eigenvalue weighted by Crippen LogP contribution is -2.38. The van der Waals surface area contributed by atoms with Crippen molar-refractivity contribution in [2.24, 2.45) is 11.7 Å². The van der Waals surface area contributed by atoms with Crippen molar-refractivity contribution in [1.82, 2.24) is 4.90 Å². The summed E-state index contributed by atoms with van der Waals surface area (Å²) in [6.45, 7) is 5.72. The second-order valence-corrected chi connectivity index (χ2v) is 6.12. The van der Waals surface area contributed by atoms with Crippen LogP contribution in [0.2, 0.25) is 5.02 Å². The molecule has 0 aromatic heterocycles. The molecule has 0 heterocycles. The Balaban J connectivity index is 2.28. The third-order valence-corrected chi connectivity index (χ3v) is 3.85. The van der Waals surface area contributed by atoms with Gasteiger partial charge in [-0.2, -0.15) is 0 Å². The average molecular weight is 285 g/mol. The lowest BCUT2D eigenvalue weighted by Gasteiger charge is -2.33. The van der Waals surface area contributed by atoms with Gasteiger partial charge in [0.25, 0.3) is 0 Å². The summed E-state index contributed by atoms with van der Waals surface area (Å²) in [6.07, 6.45) is 2.37. The molecule has 2 nitrogen and oxygen atoms in total. The van der Waals surface area contributed by atoms with E-state index in [9.17, 15) is 4.39 Å². The molecular formula is C15H22ClFN2. The van der Waals surface area contributed by atoms with Crippen LogP contribution in [0.1, 0.15) is 38.3 Å². The van der Waals surface area contributed by atoms with Crippen molar-refractivity contribution in [1.29, 1.82) is 0 Å². The molecule has 1 atom stereocenters. The molecule has 1 aliphatic rings. The minimum Gasteiger partial charge on any atom is -0.329 e. The molecule has 4 heteroatoms. The Morgan fingerprint density at radius 2 is 2.11 bits per heavy atom. The fourth-order valence-corrected chi connectivity index (χ4v) is 2.76. The summed E-state index contributed by atoms with van der Waals surface area (Å²) in [7, 11) is 0. The number of nitrogens with zero attached hydrogens (tertiary/aromatic N) is 1. The number of benzene rings is 1. The third kappa shape index (κ3) is 3.47. The maximum atomic E-state index is 14.2. The van der Waals surface area contributed by atoms with Crippen molar-refractivity contribution in [3.8, 4) is 0 Å². The highest BCUT2D eigenvalue weighted by atomic mass is 35.5. The first-order valence-electron chi connectivity index (χ1n) is 6.94. The van der Waals surface area contributed by atoms with Gasteiger partial charge in [0.05, 0.1) is 11.1 Å². The predicted octanol–water partition coefficient (Wildman–Crippen LogP) is 3.60. The minimum atomic E-state index is -0.325. The lowest BCUT2D eigenvalue weighted by molar-refractivity contribution is 0.166. The molecule has 106 valence electrons. The highest BCUT2D eigenvalue weighted by Crippen LogP contribution is 2.36. The molecule has 0 saturated heterocycles. The van der Waals surface area contributed by atoms with Crippen LogP contribution in [0.5, 0.6) is 0 Å². The van der Waals surface area contributed by atoms with Gasteiger partial charge in [-0.3, -0.25) is 4.90 Å². The summed E-state index contributed by atoms with van der Waals surface area (Å²) in [6, 6.07) is 5.65. The molecule has 19 heavy (non-hydrogen) atoms. The van der Waals surface area contributed by atoms with Gasteiger partial charge in [0.2, 0.25) is 0 Å². The van der Waals surface area contributed by atoms with E-state index in [1.807, 2.05) is 0 Å². The molecule has 0 radical (unpaired) electrons. The van der Waals surface area contributed by atoms with Crippen LogP contribution in [0, 0.1) is 11.7 Å². The Labute approximate surface area is 119 Å². The molecule has 1 aliphatic carbocycles. The first-order chi connectivity index (χ1) is 9.04. The monoisotopic (exact) mass is 284 g/mol. The van der Waals surface area contributed by atoms with Crippen LogP contribution in [0.25, 0.3) is 0 Å². The zero-order valence-electron chi connectivity index (χ0n) is 11.6. The third-order valence-electron chi connectivity index (χ3n) is 3.56. The van der Waals surface area contributed by atoms with Crippen LogP contribution in [0.15, 0.2) is 18.2 Å². The Bertz CT molecular complexity index is 432. The molecular weight excluding hydrogens is 263 g/mol. The predicted molar refractivity (Wildman–Crippen MR) is 77.8 cm³/mol. The van der Waals surface area contributed by atoms with Gasteiger partial charge in [0, 0.05) is 24.7 Å². The van der Waals surface area contributed by atoms with E-state index < -0.39 is 0 Å². The number of rotatable bonds is 6. The van der Waals surface area contributed by atoms with Crippen molar-refractivity contribution >= 4 is 11.6 Å². The Morgan fingerprint density at radius 3 is 2.63 bits per heavy atom. The number of hydrogen-bond acceptors (Lipinski definition) is 2. The SMILES string of the molecule is CC(C)CN(C1CC1)C(CN)c1cccc(Cl)c1F. The highest BCUT2D eigenvalue weighted by molar-refractivity contribution is 6.30. The summed E-state index contributed by atoms with van der Waals surface area (Å²) < 4.78 is 14.2. The summed E-state index contributed by atoms with van der Waals surface area (Å²) in [5, 5.41) is 0.177. The topological polar surface area (TPSA) is 29.3 Å². The van der Waals surface area contributed by atoms with Gasteiger partial charge in [-0.25, -0.2) is 4.39 Å². The molecule has 1 aromatic carbocycles. The van der Waals surface area contributed by atoms with Crippen molar-refractivity contribution in [2.45, 2.75) is 38.8 Å². The van der Waals surface area contributed by atoms with Crippen LogP contribution in [-0.4, -0.2) is 24.0 Å². The Hall–Kier alpha value is -0.640. The number of halogens is 2. The van der Waals surface area contributed by atoms with Crippen LogP contribution in [0.4, 0.5) is 4.39 Å². The summed E-state index contributed by atoms with van der Waals surface area (Å²) in [5.41, 5.74) is 6.54. The zero-order valence-corrected chi connectivity index (χ0v) is 12.3. The minimum absolute atomic E-state index is 0.0754. The fourth-order valence-electron chi connectivity index (χ4n) is 2.58. The molecule has 0 aliphatic heterocycles. The molecule has 2 N–H and O–H groups in total. The van der Waals surface area contributed by atoms with Gasteiger partial charge >= 0.3 is 0 Å². The molecule has 2 rings (SSSR count). The Kier molecular flexibility index (Phi) is 4.82. The molecule has 0 bridgehead atoms. The average Bonchev–Trinajstić information content (AvgIpc) is 3.17. The smallest absolute Gasteiger partial charge is 0.146 e. The van der Waals surface area contributed by atoms with E-state index in [1.165, 1.54) is 12.8 Å². The van der Waals surface area contributed by atoms with Crippen LogP contribution < -0.4 is 5.73 Å². The van der Waals surface area contributed by atoms with Gasteiger partial charge in [0.1, 0.15) is 5.82 Å². The van der Waals surface area contributed by atoms with Gasteiger partial charge in [0.15, 0.2) is 0 Å². The molecule has 0 amide bonds. The highest BCUT2D eigenvalue weighted by Gasteiger charge is 2.35. The maximum Gasteiger partial charge on any atom is 0.146 e. The quantitative estimate of drug-likeness (QED) is 0.865. The molecule has 1 fully saturated rings. The molecule has 1 unspecified atom stereocenters. The van der Waals surface area contributed by atoms with E-state index in [4.69, 9.17) is 17.3 Å². The van der Waals surface area contributed by atoms with Gasteiger partial charge < -0.3 is 5.73 Å². The standard InChI is InChI=1S/C15H22ClFN2/c1-10(2)9-19(11-6-7-11)14(8-18)12-4-3-5-13(16)15(12)17/h3-5,10-11,14H,6-9,18H2,1-2H3. The molecule has 1 aromatic rings. The number of hydrogen-bond donors (Lipinski definition) is 1. The van der Waals surface area contributed by atoms with Crippen LogP contribution in [-0.2, 0) is 0 Å². The molecule has 0 spiro atoms. The fraction of sp³-hybridized carbons (Fsp3) is 0.600. The van der Waals surface area contributed by atoms with Gasteiger partial charge in [-0.15, -0.1) is 0 Å². The second kappa shape index (κ2) is 6.21. The van der Waals surface area contributed by atoms with E-state index in [2.05, 4.69) is 18.7 Å². The van der Waals surface area contributed by atoms with Crippen LogP contribution >= 0.6 is 11.6 Å². The van der Waals surface area contributed by atoms with E-state index in [-0.39, 0.29) is 16.9 Å². The van der Waals surface area contributed by atoms with E-state index in [1.54, 1.807) is 18.2 Å². The Morgan fingerprint density at radius 1 is 1.42 bits per heavy atom. The summed E-state index contributed by atoms with van der Waals surface area (Å²) in [4.78, 5) is 2.35. The van der Waals surface area contributed by atoms with Gasteiger partial charge in [-0.1, -0.05) is 37.6 Å². The first kappa shape index (κ1) is 14.8. The van der Waals surface area contributed by atoms with Gasteiger partial charge in [-0.05, 0) is 24.8 Å².